The average Bonchev–Trinajstić information content (AvgIpc) is 3.25. The SMILES string of the molecule is CN(CCc1cccs1)C(=O)N[C@@H]1CCN(c2cnn(C)c2)C1. The van der Waals surface area contributed by atoms with E-state index in [9.17, 15) is 4.79 Å². The third kappa shape index (κ3) is 4.04. The van der Waals surface area contributed by atoms with E-state index < -0.39 is 0 Å². The van der Waals surface area contributed by atoms with Gasteiger partial charge in [0.15, 0.2) is 0 Å². The summed E-state index contributed by atoms with van der Waals surface area (Å²) >= 11 is 1.74. The number of nitrogens with zero attached hydrogens (tertiary/aromatic N) is 4. The first-order chi connectivity index (χ1) is 11.1. The highest BCUT2D eigenvalue weighted by Crippen LogP contribution is 2.19. The van der Waals surface area contributed by atoms with Crippen molar-refractivity contribution in [2.75, 3.05) is 31.6 Å². The van der Waals surface area contributed by atoms with Crippen LogP contribution in [-0.2, 0) is 13.5 Å². The molecule has 1 fully saturated rings. The fraction of sp³-hybridized carbons (Fsp3) is 0.500. The smallest absolute Gasteiger partial charge is 0.317 e. The Morgan fingerprint density at radius 1 is 1.57 bits per heavy atom. The predicted molar refractivity (Wildman–Crippen MR) is 93.0 cm³/mol. The van der Waals surface area contributed by atoms with Crippen molar-refractivity contribution in [1.82, 2.24) is 20.0 Å². The molecule has 7 heteroatoms. The first kappa shape index (κ1) is 15.9. The van der Waals surface area contributed by atoms with Crippen LogP contribution in [-0.4, -0.2) is 53.4 Å². The number of likely N-dealkylation sites (N-methyl/N-ethyl adjacent to an activating group) is 1. The molecule has 2 aromatic rings. The van der Waals surface area contributed by atoms with Gasteiger partial charge in [-0.1, -0.05) is 6.07 Å². The van der Waals surface area contributed by atoms with Crippen molar-refractivity contribution in [1.29, 1.82) is 0 Å². The van der Waals surface area contributed by atoms with Crippen LogP contribution >= 0.6 is 11.3 Å². The third-order valence-electron chi connectivity index (χ3n) is 4.19. The molecule has 2 amide bonds. The molecule has 3 heterocycles. The van der Waals surface area contributed by atoms with Crippen molar-refractivity contribution >= 4 is 23.1 Å². The number of rotatable bonds is 5. The van der Waals surface area contributed by atoms with Crippen LogP contribution in [0.15, 0.2) is 29.9 Å². The molecule has 6 nitrogen and oxygen atoms in total. The van der Waals surface area contributed by atoms with Crippen molar-refractivity contribution in [3.05, 3.63) is 34.8 Å². The van der Waals surface area contributed by atoms with E-state index in [4.69, 9.17) is 0 Å². The Morgan fingerprint density at radius 3 is 3.13 bits per heavy atom. The summed E-state index contributed by atoms with van der Waals surface area (Å²) < 4.78 is 1.81. The van der Waals surface area contributed by atoms with Crippen LogP contribution in [0.1, 0.15) is 11.3 Å². The molecule has 1 aliphatic rings. The Hall–Kier alpha value is -2.02. The van der Waals surface area contributed by atoms with Gasteiger partial charge in [-0.2, -0.15) is 5.10 Å². The molecule has 3 rings (SSSR count). The minimum Gasteiger partial charge on any atom is -0.367 e. The molecule has 1 aliphatic heterocycles. The summed E-state index contributed by atoms with van der Waals surface area (Å²) in [6.45, 7) is 2.54. The van der Waals surface area contributed by atoms with Crippen molar-refractivity contribution < 1.29 is 4.79 Å². The summed E-state index contributed by atoms with van der Waals surface area (Å²) in [6.07, 6.45) is 5.77. The van der Waals surface area contributed by atoms with Gasteiger partial charge in [-0.05, 0) is 24.3 Å². The van der Waals surface area contributed by atoms with Gasteiger partial charge in [0, 0.05) is 50.8 Å². The Balaban J connectivity index is 1.44. The molecule has 124 valence electrons. The highest BCUT2D eigenvalue weighted by Gasteiger charge is 2.25. The fourth-order valence-corrected chi connectivity index (χ4v) is 3.50. The van der Waals surface area contributed by atoms with Gasteiger partial charge in [0.1, 0.15) is 0 Å². The van der Waals surface area contributed by atoms with Crippen LogP contribution in [0.5, 0.6) is 0 Å². The number of aromatic nitrogens is 2. The lowest BCUT2D eigenvalue weighted by Gasteiger charge is -2.21. The predicted octanol–water partition coefficient (Wildman–Crippen LogP) is 1.94. The second-order valence-corrected chi connectivity index (χ2v) is 7.04. The molecule has 23 heavy (non-hydrogen) atoms. The molecule has 0 bridgehead atoms. The number of anilines is 1. The Morgan fingerprint density at radius 2 is 2.43 bits per heavy atom. The number of urea groups is 1. The number of thiophene rings is 1. The summed E-state index contributed by atoms with van der Waals surface area (Å²) in [6, 6.07) is 4.37. The van der Waals surface area contributed by atoms with Gasteiger partial charge in [0.05, 0.1) is 11.9 Å². The topological polar surface area (TPSA) is 53.4 Å². The van der Waals surface area contributed by atoms with Gasteiger partial charge in [-0.3, -0.25) is 4.68 Å². The minimum absolute atomic E-state index is 0.0135. The summed E-state index contributed by atoms with van der Waals surface area (Å²) in [4.78, 5) is 17.6. The van der Waals surface area contributed by atoms with Gasteiger partial charge in [-0.25, -0.2) is 4.79 Å². The van der Waals surface area contributed by atoms with E-state index in [0.717, 1.165) is 38.2 Å². The third-order valence-corrected chi connectivity index (χ3v) is 5.13. The molecular weight excluding hydrogens is 310 g/mol. The van der Waals surface area contributed by atoms with Crippen molar-refractivity contribution in [3.63, 3.8) is 0 Å². The number of aryl methyl sites for hydroxylation is 1. The van der Waals surface area contributed by atoms with E-state index in [0.29, 0.717) is 0 Å². The first-order valence-corrected chi connectivity index (χ1v) is 8.77. The van der Waals surface area contributed by atoms with Crippen LogP contribution in [0.2, 0.25) is 0 Å². The quantitative estimate of drug-likeness (QED) is 0.910. The number of carbonyl (C=O) groups excluding carboxylic acids is 1. The Kier molecular flexibility index (Phi) is 4.85. The minimum atomic E-state index is 0.0135. The molecule has 0 spiro atoms. The zero-order chi connectivity index (χ0) is 16.2. The maximum Gasteiger partial charge on any atom is 0.317 e. The zero-order valence-corrected chi connectivity index (χ0v) is 14.4. The second kappa shape index (κ2) is 7.04. The molecule has 0 unspecified atom stereocenters. The number of hydrogen-bond donors (Lipinski definition) is 1. The zero-order valence-electron chi connectivity index (χ0n) is 13.6. The molecule has 1 N–H and O–H groups in total. The van der Waals surface area contributed by atoms with Crippen LogP contribution in [0.3, 0.4) is 0 Å². The van der Waals surface area contributed by atoms with Gasteiger partial charge in [-0.15, -0.1) is 11.3 Å². The van der Waals surface area contributed by atoms with E-state index in [1.807, 2.05) is 32.6 Å². The molecule has 0 aliphatic carbocycles. The van der Waals surface area contributed by atoms with E-state index in [2.05, 4.69) is 26.8 Å². The summed E-state index contributed by atoms with van der Waals surface area (Å²) in [5.41, 5.74) is 1.12. The number of carbonyl (C=O) groups is 1. The van der Waals surface area contributed by atoms with Gasteiger partial charge in [0.2, 0.25) is 0 Å². The lowest BCUT2D eigenvalue weighted by Crippen LogP contribution is -2.44. The fourth-order valence-electron chi connectivity index (χ4n) is 2.80. The summed E-state index contributed by atoms with van der Waals surface area (Å²) in [7, 11) is 3.78. The molecule has 0 saturated carbocycles. The highest BCUT2D eigenvalue weighted by molar-refractivity contribution is 7.09. The highest BCUT2D eigenvalue weighted by atomic mass is 32.1. The van der Waals surface area contributed by atoms with E-state index in [1.165, 1.54) is 4.88 Å². The van der Waals surface area contributed by atoms with Crippen LogP contribution in [0, 0.1) is 0 Å². The number of amides is 2. The maximum absolute atomic E-state index is 12.3. The Labute approximate surface area is 140 Å². The van der Waals surface area contributed by atoms with Gasteiger partial charge < -0.3 is 15.1 Å². The lowest BCUT2D eigenvalue weighted by molar-refractivity contribution is 0.206. The van der Waals surface area contributed by atoms with Gasteiger partial charge in [0.25, 0.3) is 0 Å². The van der Waals surface area contributed by atoms with Crippen molar-refractivity contribution in [2.45, 2.75) is 18.9 Å². The van der Waals surface area contributed by atoms with E-state index in [-0.39, 0.29) is 12.1 Å². The summed E-state index contributed by atoms with van der Waals surface area (Å²) in [5, 5.41) is 9.41. The average molecular weight is 333 g/mol. The second-order valence-electron chi connectivity index (χ2n) is 6.00. The van der Waals surface area contributed by atoms with E-state index >= 15 is 0 Å². The normalized spacial score (nSPS) is 17.5. The number of hydrogen-bond acceptors (Lipinski definition) is 4. The Bertz CT molecular complexity index is 639. The van der Waals surface area contributed by atoms with Crippen molar-refractivity contribution in [2.24, 2.45) is 7.05 Å². The lowest BCUT2D eigenvalue weighted by atomic mass is 10.3. The first-order valence-electron chi connectivity index (χ1n) is 7.89. The van der Waals surface area contributed by atoms with Crippen LogP contribution < -0.4 is 10.2 Å². The van der Waals surface area contributed by atoms with E-state index in [1.54, 1.807) is 20.9 Å². The van der Waals surface area contributed by atoms with Crippen LogP contribution in [0.25, 0.3) is 0 Å². The maximum atomic E-state index is 12.3. The molecule has 1 atom stereocenters. The van der Waals surface area contributed by atoms with Crippen LogP contribution in [0.4, 0.5) is 10.5 Å². The standard InChI is InChI=1S/C16H23N5OS/c1-19(7-6-15-4-3-9-23-15)16(22)18-13-5-8-21(11-13)14-10-17-20(2)12-14/h3-4,9-10,12-13H,5-8,11H2,1-2H3,(H,18,22)/t13-/m1/s1. The molecule has 2 aromatic heterocycles. The molecule has 1 saturated heterocycles. The largest absolute Gasteiger partial charge is 0.367 e. The monoisotopic (exact) mass is 333 g/mol. The molecule has 0 aromatic carbocycles. The van der Waals surface area contributed by atoms with Crippen molar-refractivity contribution in [3.8, 4) is 0 Å². The molecule has 0 radical (unpaired) electrons. The molecular formula is C16H23N5OS. The summed E-state index contributed by atoms with van der Waals surface area (Å²) in [5.74, 6) is 0. The number of nitrogens with one attached hydrogen (secondary N) is 1. The van der Waals surface area contributed by atoms with Gasteiger partial charge >= 0.3 is 6.03 Å².